The number of alkyl halides is 3. The Morgan fingerprint density at radius 3 is 2.33 bits per heavy atom. The SMILES string of the molecule is Cc1ccc(C(=O)N2N=C3CC[C@H](C(C)(C)C)C[C@@H]3[C@]2(O)C(F)(F)F)cc1. The first-order chi connectivity index (χ1) is 12.4. The monoisotopic (exact) mass is 382 g/mol. The number of amides is 1. The van der Waals surface area contributed by atoms with Crippen LogP contribution in [0.3, 0.4) is 0 Å². The number of halogens is 3. The Hall–Kier alpha value is -1.89. The molecule has 0 bridgehead atoms. The van der Waals surface area contributed by atoms with Crippen LogP contribution in [0.25, 0.3) is 0 Å². The van der Waals surface area contributed by atoms with Gasteiger partial charge in [-0.25, -0.2) is 0 Å². The van der Waals surface area contributed by atoms with Gasteiger partial charge < -0.3 is 5.11 Å². The summed E-state index contributed by atoms with van der Waals surface area (Å²) in [6, 6.07) is 6.20. The third kappa shape index (κ3) is 3.26. The van der Waals surface area contributed by atoms with Crippen molar-refractivity contribution in [3.05, 3.63) is 35.4 Å². The molecule has 1 aromatic rings. The molecule has 0 saturated heterocycles. The van der Waals surface area contributed by atoms with Gasteiger partial charge in [0, 0.05) is 11.3 Å². The Morgan fingerprint density at radius 2 is 1.81 bits per heavy atom. The van der Waals surface area contributed by atoms with E-state index in [1.165, 1.54) is 12.1 Å². The number of carbonyl (C=O) groups excluding carboxylic acids is 1. The van der Waals surface area contributed by atoms with E-state index in [0.29, 0.717) is 12.8 Å². The van der Waals surface area contributed by atoms with E-state index < -0.39 is 23.7 Å². The molecule has 0 spiro atoms. The smallest absolute Gasteiger partial charge is 0.362 e. The standard InChI is InChI=1S/C20H25F3N2O2/c1-12-5-7-13(8-6-12)17(26)25-19(27,20(21,22)23)15-11-14(18(2,3)4)9-10-16(15)24-25/h5-8,14-15,27H,9-11H2,1-4H3/t14-,15-,19-/m0/s1. The van der Waals surface area contributed by atoms with Gasteiger partial charge in [0.05, 0.1) is 5.92 Å². The Morgan fingerprint density at radius 1 is 1.22 bits per heavy atom. The van der Waals surface area contributed by atoms with Crippen molar-refractivity contribution in [3.8, 4) is 0 Å². The first-order valence-electron chi connectivity index (χ1n) is 9.13. The zero-order chi connectivity index (χ0) is 20.2. The summed E-state index contributed by atoms with van der Waals surface area (Å²) in [6.45, 7) is 7.77. The van der Waals surface area contributed by atoms with Gasteiger partial charge in [-0.05, 0) is 49.7 Å². The summed E-state index contributed by atoms with van der Waals surface area (Å²) in [7, 11) is 0. The van der Waals surface area contributed by atoms with Gasteiger partial charge in [-0.2, -0.15) is 23.3 Å². The molecule has 2 aliphatic rings. The summed E-state index contributed by atoms with van der Waals surface area (Å²) in [6.07, 6.45) is -3.82. The Bertz CT molecular complexity index is 765. The summed E-state index contributed by atoms with van der Waals surface area (Å²) in [4.78, 5) is 12.8. The predicted molar refractivity (Wildman–Crippen MR) is 96.1 cm³/mol. The highest BCUT2D eigenvalue weighted by molar-refractivity contribution is 5.99. The molecule has 1 heterocycles. The zero-order valence-electron chi connectivity index (χ0n) is 16.0. The highest BCUT2D eigenvalue weighted by Gasteiger charge is 2.69. The minimum absolute atomic E-state index is 0.00440. The number of fused-ring (bicyclic) bond motifs is 1. The van der Waals surface area contributed by atoms with Crippen LogP contribution >= 0.6 is 0 Å². The molecule has 4 nitrogen and oxygen atoms in total. The fraction of sp³-hybridized carbons (Fsp3) is 0.600. The minimum atomic E-state index is -5.01. The van der Waals surface area contributed by atoms with E-state index in [2.05, 4.69) is 5.10 Å². The predicted octanol–water partition coefficient (Wildman–Crippen LogP) is 4.52. The van der Waals surface area contributed by atoms with E-state index in [-0.39, 0.29) is 34.0 Å². The Kier molecular flexibility index (Phi) is 4.65. The fourth-order valence-electron chi connectivity index (χ4n) is 4.03. The lowest BCUT2D eigenvalue weighted by Crippen LogP contribution is -2.62. The van der Waals surface area contributed by atoms with Gasteiger partial charge in [0.2, 0.25) is 0 Å². The second kappa shape index (κ2) is 6.33. The van der Waals surface area contributed by atoms with Crippen molar-refractivity contribution in [2.45, 2.75) is 58.9 Å². The highest BCUT2D eigenvalue weighted by Crippen LogP contribution is 2.52. The molecule has 0 aromatic heterocycles. The largest absolute Gasteiger partial charge is 0.439 e. The van der Waals surface area contributed by atoms with E-state index in [1.54, 1.807) is 12.1 Å². The summed E-state index contributed by atoms with van der Waals surface area (Å²) in [5.74, 6) is -2.17. The molecule has 1 aliphatic carbocycles. The average Bonchev–Trinajstić information content (AvgIpc) is 2.88. The van der Waals surface area contributed by atoms with Crippen LogP contribution in [0.5, 0.6) is 0 Å². The van der Waals surface area contributed by atoms with Crippen LogP contribution in [0.1, 0.15) is 56.0 Å². The number of rotatable bonds is 1. The number of carbonyl (C=O) groups is 1. The molecular formula is C20H25F3N2O2. The summed E-state index contributed by atoms with van der Waals surface area (Å²) in [5.41, 5.74) is -2.29. The summed E-state index contributed by atoms with van der Waals surface area (Å²) in [5, 5.41) is 15.1. The van der Waals surface area contributed by atoms with Crippen molar-refractivity contribution in [1.29, 1.82) is 0 Å². The molecule has 1 aliphatic heterocycles. The van der Waals surface area contributed by atoms with E-state index in [0.717, 1.165) is 5.56 Å². The lowest BCUT2D eigenvalue weighted by molar-refractivity contribution is -0.314. The quantitative estimate of drug-likeness (QED) is 0.776. The third-order valence-corrected chi connectivity index (χ3v) is 5.84. The first kappa shape index (κ1) is 19.9. The molecule has 1 N–H and O–H groups in total. The fourth-order valence-corrected chi connectivity index (χ4v) is 4.03. The van der Waals surface area contributed by atoms with Crippen molar-refractivity contribution < 1.29 is 23.1 Å². The van der Waals surface area contributed by atoms with Crippen molar-refractivity contribution >= 4 is 11.6 Å². The Balaban J connectivity index is 2.01. The molecule has 3 atom stereocenters. The maximum atomic E-state index is 14.0. The van der Waals surface area contributed by atoms with Gasteiger partial charge in [0.1, 0.15) is 0 Å². The van der Waals surface area contributed by atoms with Crippen LogP contribution in [-0.2, 0) is 0 Å². The second-order valence-electron chi connectivity index (χ2n) is 8.69. The maximum absolute atomic E-state index is 14.0. The summed E-state index contributed by atoms with van der Waals surface area (Å²) >= 11 is 0. The molecular weight excluding hydrogens is 357 g/mol. The normalized spacial score (nSPS) is 28.7. The van der Waals surface area contributed by atoms with Crippen molar-refractivity contribution in [3.63, 3.8) is 0 Å². The molecule has 0 unspecified atom stereocenters. The molecule has 0 radical (unpaired) electrons. The molecule has 27 heavy (non-hydrogen) atoms. The van der Waals surface area contributed by atoms with E-state index in [1.807, 2.05) is 27.7 Å². The molecule has 1 amide bonds. The van der Waals surface area contributed by atoms with Crippen LogP contribution in [0, 0.1) is 24.2 Å². The van der Waals surface area contributed by atoms with Crippen LogP contribution in [0.15, 0.2) is 29.4 Å². The van der Waals surface area contributed by atoms with E-state index >= 15 is 0 Å². The number of hydrazone groups is 1. The molecule has 1 saturated carbocycles. The number of aryl methyl sites for hydroxylation is 1. The molecule has 1 aromatic carbocycles. The highest BCUT2D eigenvalue weighted by atomic mass is 19.4. The topological polar surface area (TPSA) is 52.9 Å². The molecule has 7 heteroatoms. The second-order valence-corrected chi connectivity index (χ2v) is 8.69. The lowest BCUT2D eigenvalue weighted by Gasteiger charge is -2.42. The van der Waals surface area contributed by atoms with Gasteiger partial charge in [-0.3, -0.25) is 4.79 Å². The number of hydrogen-bond donors (Lipinski definition) is 1. The van der Waals surface area contributed by atoms with Crippen LogP contribution in [-0.4, -0.2) is 33.6 Å². The minimum Gasteiger partial charge on any atom is -0.362 e. The number of nitrogens with zero attached hydrogens (tertiary/aromatic N) is 2. The first-order valence-corrected chi connectivity index (χ1v) is 9.13. The average molecular weight is 382 g/mol. The van der Waals surface area contributed by atoms with Gasteiger partial charge in [-0.1, -0.05) is 38.5 Å². The van der Waals surface area contributed by atoms with Gasteiger partial charge in [0.15, 0.2) is 0 Å². The molecule has 3 rings (SSSR count). The van der Waals surface area contributed by atoms with Crippen LogP contribution < -0.4 is 0 Å². The van der Waals surface area contributed by atoms with E-state index in [9.17, 15) is 23.1 Å². The number of hydrogen-bond acceptors (Lipinski definition) is 3. The van der Waals surface area contributed by atoms with Crippen molar-refractivity contribution in [2.75, 3.05) is 0 Å². The summed E-state index contributed by atoms with van der Waals surface area (Å²) < 4.78 is 42.0. The van der Waals surface area contributed by atoms with Crippen molar-refractivity contribution in [1.82, 2.24) is 5.01 Å². The molecule has 1 fully saturated rings. The van der Waals surface area contributed by atoms with Gasteiger partial charge in [-0.15, -0.1) is 0 Å². The van der Waals surface area contributed by atoms with Gasteiger partial charge >= 0.3 is 6.18 Å². The van der Waals surface area contributed by atoms with Gasteiger partial charge in [0.25, 0.3) is 11.6 Å². The Labute approximate surface area is 157 Å². The van der Waals surface area contributed by atoms with E-state index in [4.69, 9.17) is 0 Å². The molecule has 148 valence electrons. The number of aliphatic hydroxyl groups is 1. The number of benzene rings is 1. The third-order valence-electron chi connectivity index (χ3n) is 5.84. The zero-order valence-corrected chi connectivity index (χ0v) is 16.0. The van der Waals surface area contributed by atoms with Crippen LogP contribution in [0.4, 0.5) is 13.2 Å². The maximum Gasteiger partial charge on any atom is 0.439 e. The van der Waals surface area contributed by atoms with Crippen molar-refractivity contribution in [2.24, 2.45) is 22.4 Å². The van der Waals surface area contributed by atoms with Crippen LogP contribution in [0.2, 0.25) is 0 Å². The lowest BCUT2D eigenvalue weighted by atomic mass is 9.66.